The smallest absolute Gasteiger partial charge is 0.228 e. The van der Waals surface area contributed by atoms with Crippen molar-refractivity contribution in [2.45, 2.75) is 33.1 Å². The molecule has 2 fully saturated rings. The van der Waals surface area contributed by atoms with E-state index in [1.54, 1.807) is 28.4 Å². The van der Waals surface area contributed by atoms with Crippen LogP contribution >= 0.6 is 0 Å². The lowest BCUT2D eigenvalue weighted by atomic mass is 9.87. The number of likely N-dealkylation sites (tertiary alicyclic amines) is 1. The molecule has 2 saturated heterocycles. The van der Waals surface area contributed by atoms with E-state index in [1.165, 1.54) is 0 Å². The Balaban J connectivity index is 1.59. The van der Waals surface area contributed by atoms with Crippen LogP contribution in [-0.4, -0.2) is 89.3 Å². The molecular weight excluding hydrogens is 510 g/mol. The van der Waals surface area contributed by atoms with Crippen molar-refractivity contribution in [3.05, 3.63) is 42.0 Å². The fraction of sp³-hybridized carbons (Fsp3) is 0.548. The van der Waals surface area contributed by atoms with E-state index in [9.17, 15) is 9.59 Å². The van der Waals surface area contributed by atoms with Crippen LogP contribution in [0.25, 0.3) is 0 Å². The number of carbonyl (C=O) groups excluding carboxylic acids is 2. The van der Waals surface area contributed by atoms with Gasteiger partial charge in [0, 0.05) is 51.6 Å². The van der Waals surface area contributed by atoms with E-state index in [0.29, 0.717) is 62.9 Å². The highest BCUT2D eigenvalue weighted by atomic mass is 16.5. The highest BCUT2D eigenvalue weighted by Crippen LogP contribution is 2.44. The second-order valence-corrected chi connectivity index (χ2v) is 11.7. The molecule has 2 aromatic carbocycles. The van der Waals surface area contributed by atoms with Gasteiger partial charge < -0.3 is 33.6 Å². The van der Waals surface area contributed by atoms with Crippen LogP contribution in [0, 0.1) is 11.3 Å². The first kappa shape index (κ1) is 29.4. The van der Waals surface area contributed by atoms with E-state index in [1.807, 2.05) is 46.2 Å². The number of amides is 2. The number of para-hydroxylation sites is 2. The molecule has 4 rings (SSSR count). The molecule has 2 amide bonds. The summed E-state index contributed by atoms with van der Waals surface area (Å²) in [7, 11) is 6.41. The van der Waals surface area contributed by atoms with Gasteiger partial charge in [-0.3, -0.25) is 9.59 Å². The Morgan fingerprint density at radius 1 is 0.800 bits per heavy atom. The van der Waals surface area contributed by atoms with Gasteiger partial charge in [-0.1, -0.05) is 32.9 Å². The van der Waals surface area contributed by atoms with Crippen molar-refractivity contribution >= 4 is 17.5 Å². The second kappa shape index (κ2) is 12.3. The summed E-state index contributed by atoms with van der Waals surface area (Å²) in [5.41, 5.74) is 1.79. The summed E-state index contributed by atoms with van der Waals surface area (Å²) < 4.78 is 22.3. The molecule has 2 aliphatic heterocycles. The number of methoxy groups -OCH3 is 4. The van der Waals surface area contributed by atoms with Gasteiger partial charge >= 0.3 is 0 Å². The molecule has 0 spiro atoms. The van der Waals surface area contributed by atoms with Crippen LogP contribution in [-0.2, 0) is 9.59 Å². The monoisotopic (exact) mass is 553 g/mol. The third-order valence-electron chi connectivity index (χ3n) is 7.80. The molecule has 218 valence electrons. The van der Waals surface area contributed by atoms with Crippen LogP contribution in [0.2, 0.25) is 0 Å². The second-order valence-electron chi connectivity index (χ2n) is 11.7. The van der Waals surface area contributed by atoms with Crippen LogP contribution in [0.15, 0.2) is 36.4 Å². The maximum atomic E-state index is 14.1. The first-order valence-electron chi connectivity index (χ1n) is 13.8. The number of anilines is 1. The quantitative estimate of drug-likeness (QED) is 0.488. The molecule has 0 radical (unpaired) electrons. The molecule has 2 heterocycles. The average molecular weight is 554 g/mol. The van der Waals surface area contributed by atoms with Crippen molar-refractivity contribution < 1.29 is 28.5 Å². The zero-order chi connectivity index (χ0) is 29.0. The van der Waals surface area contributed by atoms with E-state index < -0.39 is 0 Å². The molecule has 0 N–H and O–H groups in total. The lowest BCUT2D eigenvalue weighted by Gasteiger charge is -2.38. The van der Waals surface area contributed by atoms with Crippen LogP contribution in [0.3, 0.4) is 0 Å². The fourth-order valence-electron chi connectivity index (χ4n) is 5.77. The van der Waals surface area contributed by atoms with Gasteiger partial charge in [0.2, 0.25) is 17.6 Å². The van der Waals surface area contributed by atoms with Gasteiger partial charge in [0.15, 0.2) is 11.5 Å². The van der Waals surface area contributed by atoms with Gasteiger partial charge in [-0.2, -0.15) is 0 Å². The van der Waals surface area contributed by atoms with E-state index in [2.05, 4.69) is 25.7 Å². The summed E-state index contributed by atoms with van der Waals surface area (Å²) in [6.07, 6.45) is 0.424. The maximum absolute atomic E-state index is 14.1. The molecule has 40 heavy (non-hydrogen) atoms. The summed E-state index contributed by atoms with van der Waals surface area (Å²) in [6.45, 7) is 9.65. The number of carbonyl (C=O) groups is 2. The molecular formula is C31H43N3O6. The number of nitrogens with zero attached hydrogens (tertiary/aromatic N) is 3. The minimum Gasteiger partial charge on any atom is -0.495 e. The number of hydrogen-bond acceptors (Lipinski definition) is 7. The minimum atomic E-state index is -0.371. The van der Waals surface area contributed by atoms with Crippen molar-refractivity contribution in [3.63, 3.8) is 0 Å². The zero-order valence-electron chi connectivity index (χ0n) is 24.9. The van der Waals surface area contributed by atoms with E-state index in [4.69, 9.17) is 18.9 Å². The predicted octanol–water partition coefficient (Wildman–Crippen LogP) is 4.05. The van der Waals surface area contributed by atoms with Gasteiger partial charge in [0.25, 0.3) is 0 Å². The lowest BCUT2D eigenvalue weighted by molar-refractivity contribution is -0.136. The summed E-state index contributed by atoms with van der Waals surface area (Å²) in [5, 5.41) is 0. The van der Waals surface area contributed by atoms with Crippen molar-refractivity contribution in [1.82, 2.24) is 9.80 Å². The Labute approximate surface area is 237 Å². The first-order valence-corrected chi connectivity index (χ1v) is 13.8. The van der Waals surface area contributed by atoms with Crippen molar-refractivity contribution in [2.24, 2.45) is 11.3 Å². The van der Waals surface area contributed by atoms with Gasteiger partial charge in [-0.15, -0.1) is 0 Å². The largest absolute Gasteiger partial charge is 0.495 e. The summed E-state index contributed by atoms with van der Waals surface area (Å²) in [6, 6.07) is 11.8. The molecule has 2 aromatic rings. The number of hydrogen-bond donors (Lipinski definition) is 0. The molecule has 0 saturated carbocycles. The predicted molar refractivity (Wildman–Crippen MR) is 155 cm³/mol. The van der Waals surface area contributed by atoms with Crippen LogP contribution in [0.4, 0.5) is 5.69 Å². The molecule has 0 aliphatic carbocycles. The topological polar surface area (TPSA) is 80.8 Å². The Morgan fingerprint density at radius 2 is 1.40 bits per heavy atom. The van der Waals surface area contributed by atoms with Gasteiger partial charge in [0.1, 0.15) is 5.75 Å². The third-order valence-corrected chi connectivity index (χ3v) is 7.80. The molecule has 9 heteroatoms. The van der Waals surface area contributed by atoms with Crippen LogP contribution in [0.1, 0.15) is 38.7 Å². The van der Waals surface area contributed by atoms with E-state index in [-0.39, 0.29) is 29.1 Å². The fourth-order valence-corrected chi connectivity index (χ4v) is 5.77. The highest BCUT2D eigenvalue weighted by molar-refractivity contribution is 5.84. The zero-order valence-corrected chi connectivity index (χ0v) is 24.9. The highest BCUT2D eigenvalue weighted by Gasteiger charge is 2.43. The van der Waals surface area contributed by atoms with Crippen molar-refractivity contribution in [2.75, 3.05) is 72.6 Å². The van der Waals surface area contributed by atoms with E-state index >= 15 is 0 Å². The molecule has 0 unspecified atom stereocenters. The van der Waals surface area contributed by atoms with Gasteiger partial charge in [0.05, 0.1) is 40.0 Å². The van der Waals surface area contributed by atoms with Crippen molar-refractivity contribution in [1.29, 1.82) is 0 Å². The molecule has 2 aliphatic rings. The molecule has 9 nitrogen and oxygen atoms in total. The van der Waals surface area contributed by atoms with Crippen LogP contribution < -0.4 is 23.8 Å². The minimum absolute atomic E-state index is 0.0706. The van der Waals surface area contributed by atoms with Crippen molar-refractivity contribution in [3.8, 4) is 23.0 Å². The molecule has 0 bridgehead atoms. The maximum Gasteiger partial charge on any atom is 0.228 e. The Hall–Kier alpha value is -3.62. The first-order chi connectivity index (χ1) is 19.1. The summed E-state index contributed by atoms with van der Waals surface area (Å²) in [5.74, 6) is 1.98. The number of ether oxygens (including phenoxy) is 4. The van der Waals surface area contributed by atoms with E-state index in [0.717, 1.165) is 17.0 Å². The molecule has 2 atom stereocenters. The summed E-state index contributed by atoms with van der Waals surface area (Å²) >= 11 is 0. The SMILES string of the molecule is COc1ccccc1N1CCN(C(=O)[C@H]2CN(C(=O)CC(C)(C)C)C[C@@H]2c2cc(OC)c(OC)c(OC)c2)CC1. The van der Waals surface area contributed by atoms with Gasteiger partial charge in [-0.05, 0) is 35.2 Å². The number of piperazine rings is 1. The Morgan fingerprint density at radius 3 is 1.95 bits per heavy atom. The van der Waals surface area contributed by atoms with Gasteiger partial charge in [-0.25, -0.2) is 0 Å². The number of rotatable bonds is 8. The molecule has 0 aromatic heterocycles. The number of benzene rings is 2. The standard InChI is InChI=1S/C31H43N3O6/c1-31(2,3)18-28(35)34-19-22(21-16-26(38-5)29(40-7)27(17-21)39-6)23(20-34)30(36)33-14-12-32(13-15-33)24-10-8-9-11-25(24)37-4/h8-11,16-17,22-23H,12-15,18-20H2,1-7H3/t22-,23+/m1/s1. The Bertz CT molecular complexity index is 1180. The summed E-state index contributed by atoms with van der Waals surface area (Å²) in [4.78, 5) is 33.5. The average Bonchev–Trinajstić information content (AvgIpc) is 3.41. The Kier molecular flexibility index (Phi) is 9.01. The third kappa shape index (κ3) is 6.24. The van der Waals surface area contributed by atoms with Crippen LogP contribution in [0.5, 0.6) is 23.0 Å². The normalized spacial score (nSPS) is 19.4. The lowest BCUT2D eigenvalue weighted by Crippen LogP contribution is -2.51.